The van der Waals surface area contributed by atoms with Gasteiger partial charge in [-0.2, -0.15) is 0 Å². The normalized spacial score (nSPS) is 17.2. The van der Waals surface area contributed by atoms with E-state index in [-0.39, 0.29) is 11.9 Å². The van der Waals surface area contributed by atoms with Gasteiger partial charge in [-0.1, -0.05) is 24.3 Å². The molecule has 0 amide bonds. The fourth-order valence-electron chi connectivity index (χ4n) is 4.90. The van der Waals surface area contributed by atoms with Crippen LogP contribution in [-0.4, -0.2) is 12.1 Å². The molecule has 0 bridgehead atoms. The third-order valence-corrected chi connectivity index (χ3v) is 7.27. The predicted octanol–water partition coefficient (Wildman–Crippen LogP) is 7.58. The first-order valence-corrected chi connectivity index (χ1v) is 11.7. The molecular weight excluding hydrogens is 433 g/mol. The maximum Gasteiger partial charge on any atom is 0.573 e. The van der Waals surface area contributed by atoms with Gasteiger partial charge in [-0.3, -0.25) is 0 Å². The number of benzene rings is 3. The Morgan fingerprint density at radius 2 is 1.72 bits per heavy atom. The molecule has 1 unspecified atom stereocenters. The fraction of sp³-hybridized carbons (Fsp3) is 0.308. The average molecular weight is 457 g/mol. The van der Waals surface area contributed by atoms with Crippen molar-refractivity contribution in [1.29, 1.82) is 0 Å². The van der Waals surface area contributed by atoms with E-state index < -0.39 is 6.36 Å². The van der Waals surface area contributed by atoms with Crippen LogP contribution in [0.2, 0.25) is 0 Å². The van der Waals surface area contributed by atoms with Crippen LogP contribution >= 0.6 is 11.8 Å². The second kappa shape index (κ2) is 8.07. The number of hydrogen-bond donors (Lipinski definition) is 0. The number of rotatable bonds is 4. The highest BCUT2D eigenvalue weighted by Gasteiger charge is 2.32. The van der Waals surface area contributed by atoms with Crippen molar-refractivity contribution in [1.82, 2.24) is 0 Å². The van der Waals surface area contributed by atoms with Gasteiger partial charge in [0.2, 0.25) is 0 Å². The second-order valence-electron chi connectivity index (χ2n) is 8.37. The van der Waals surface area contributed by atoms with Gasteiger partial charge in [-0.05, 0) is 96.3 Å². The van der Waals surface area contributed by atoms with Crippen LogP contribution in [0.25, 0.3) is 11.1 Å². The Morgan fingerprint density at radius 3 is 2.47 bits per heavy atom. The minimum Gasteiger partial charge on any atom is -0.486 e. The molecule has 1 aliphatic heterocycles. The predicted molar refractivity (Wildman–Crippen MR) is 121 cm³/mol. The average Bonchev–Trinajstić information content (AvgIpc) is 3.33. The second-order valence-corrected chi connectivity index (χ2v) is 9.50. The van der Waals surface area contributed by atoms with E-state index in [0.29, 0.717) is 0 Å². The molecule has 2 nitrogen and oxygen atoms in total. The number of aryl methyl sites for hydroxylation is 3. The Balaban J connectivity index is 1.46. The molecule has 166 valence electrons. The van der Waals surface area contributed by atoms with E-state index in [9.17, 15) is 13.2 Å². The Morgan fingerprint density at radius 1 is 0.938 bits per heavy atom. The molecule has 5 rings (SSSR count). The first-order valence-electron chi connectivity index (χ1n) is 10.7. The van der Waals surface area contributed by atoms with Crippen molar-refractivity contribution in [3.05, 3.63) is 76.3 Å². The summed E-state index contributed by atoms with van der Waals surface area (Å²) in [6.45, 7) is 3.66. The van der Waals surface area contributed by atoms with Crippen LogP contribution in [0.3, 0.4) is 0 Å². The van der Waals surface area contributed by atoms with E-state index in [2.05, 4.69) is 29.0 Å². The number of halogens is 3. The summed E-state index contributed by atoms with van der Waals surface area (Å²) in [5, 5.41) is 0. The lowest BCUT2D eigenvalue weighted by Gasteiger charge is -2.19. The number of ether oxygens (including phenoxy) is 2. The van der Waals surface area contributed by atoms with Gasteiger partial charge in [0.1, 0.15) is 17.6 Å². The standard InChI is InChI=1S/C26H23F3O2S/c1-15-12-19(31-26(27,28)29)13-16(2)25(15)22-5-3-4-21-20(22)8-9-23(21)30-18-7-6-17-10-11-32-24(17)14-18/h3-7,12-14,23H,8-11H2,1-2H3. The summed E-state index contributed by atoms with van der Waals surface area (Å²) in [6, 6.07) is 15.4. The summed E-state index contributed by atoms with van der Waals surface area (Å²) in [5.74, 6) is 1.84. The first kappa shape index (κ1) is 21.3. The number of thioether (sulfide) groups is 1. The van der Waals surface area contributed by atoms with Gasteiger partial charge in [0, 0.05) is 10.6 Å². The Kier molecular flexibility index (Phi) is 5.36. The zero-order chi connectivity index (χ0) is 22.5. The van der Waals surface area contributed by atoms with E-state index >= 15 is 0 Å². The van der Waals surface area contributed by atoms with Crippen molar-refractivity contribution in [2.75, 3.05) is 5.75 Å². The molecule has 1 atom stereocenters. The first-order chi connectivity index (χ1) is 15.3. The molecule has 0 spiro atoms. The topological polar surface area (TPSA) is 18.5 Å². The Bertz CT molecular complexity index is 1160. The smallest absolute Gasteiger partial charge is 0.486 e. The molecule has 6 heteroatoms. The van der Waals surface area contributed by atoms with Crippen molar-refractivity contribution >= 4 is 11.8 Å². The van der Waals surface area contributed by atoms with Gasteiger partial charge in [-0.25, -0.2) is 0 Å². The molecule has 1 heterocycles. The van der Waals surface area contributed by atoms with Crippen LogP contribution < -0.4 is 9.47 Å². The lowest BCUT2D eigenvalue weighted by atomic mass is 9.90. The van der Waals surface area contributed by atoms with Crippen molar-refractivity contribution < 1.29 is 22.6 Å². The summed E-state index contributed by atoms with van der Waals surface area (Å²) in [5.41, 5.74) is 7.31. The summed E-state index contributed by atoms with van der Waals surface area (Å²) < 4.78 is 48.5. The molecule has 0 fully saturated rings. The minimum atomic E-state index is -4.70. The molecule has 32 heavy (non-hydrogen) atoms. The number of hydrogen-bond acceptors (Lipinski definition) is 3. The number of fused-ring (bicyclic) bond motifs is 2. The monoisotopic (exact) mass is 456 g/mol. The van der Waals surface area contributed by atoms with Crippen LogP contribution in [0.4, 0.5) is 13.2 Å². The molecule has 0 radical (unpaired) electrons. The van der Waals surface area contributed by atoms with Crippen molar-refractivity contribution in [2.45, 2.75) is 50.5 Å². The van der Waals surface area contributed by atoms with E-state index in [1.807, 2.05) is 37.7 Å². The zero-order valence-corrected chi connectivity index (χ0v) is 18.7. The third kappa shape index (κ3) is 4.08. The largest absolute Gasteiger partial charge is 0.573 e. The van der Waals surface area contributed by atoms with Crippen LogP contribution in [0.15, 0.2) is 53.4 Å². The maximum absolute atomic E-state index is 12.7. The third-order valence-electron chi connectivity index (χ3n) is 6.17. The van der Waals surface area contributed by atoms with Gasteiger partial charge in [0.05, 0.1) is 0 Å². The van der Waals surface area contributed by atoms with Gasteiger partial charge in [-0.15, -0.1) is 24.9 Å². The fourth-order valence-corrected chi connectivity index (χ4v) is 6.00. The van der Waals surface area contributed by atoms with Crippen LogP contribution in [0, 0.1) is 13.8 Å². The van der Waals surface area contributed by atoms with Crippen LogP contribution in [-0.2, 0) is 12.8 Å². The van der Waals surface area contributed by atoms with E-state index in [1.165, 1.54) is 28.2 Å². The molecule has 1 aliphatic carbocycles. The summed E-state index contributed by atoms with van der Waals surface area (Å²) in [6.07, 6.45) is -1.86. The van der Waals surface area contributed by atoms with Crippen molar-refractivity contribution in [2.24, 2.45) is 0 Å². The molecule has 0 N–H and O–H groups in total. The van der Waals surface area contributed by atoms with Gasteiger partial charge >= 0.3 is 6.36 Å². The van der Waals surface area contributed by atoms with Gasteiger partial charge < -0.3 is 9.47 Å². The molecule has 3 aromatic carbocycles. The van der Waals surface area contributed by atoms with Crippen molar-refractivity contribution in [3.63, 3.8) is 0 Å². The quantitative estimate of drug-likeness (QED) is 0.403. The Hall–Kier alpha value is -2.60. The highest BCUT2D eigenvalue weighted by atomic mass is 32.2. The molecule has 3 aromatic rings. The van der Waals surface area contributed by atoms with Crippen LogP contribution in [0.1, 0.15) is 40.3 Å². The highest BCUT2D eigenvalue weighted by molar-refractivity contribution is 7.99. The summed E-state index contributed by atoms with van der Waals surface area (Å²) >= 11 is 1.87. The van der Waals surface area contributed by atoms with E-state index in [0.717, 1.165) is 58.6 Å². The summed E-state index contributed by atoms with van der Waals surface area (Å²) in [4.78, 5) is 1.31. The molecule has 0 aromatic heterocycles. The van der Waals surface area contributed by atoms with E-state index in [4.69, 9.17) is 4.74 Å². The minimum absolute atomic E-state index is 0.0251. The lowest BCUT2D eigenvalue weighted by Crippen LogP contribution is -2.17. The van der Waals surface area contributed by atoms with E-state index in [1.54, 1.807) is 0 Å². The SMILES string of the molecule is Cc1cc(OC(F)(F)F)cc(C)c1-c1cccc2c1CCC2Oc1ccc2c(c1)SCC2. The summed E-state index contributed by atoms with van der Waals surface area (Å²) in [7, 11) is 0. The molecule has 0 saturated carbocycles. The van der Waals surface area contributed by atoms with Crippen molar-refractivity contribution in [3.8, 4) is 22.6 Å². The zero-order valence-electron chi connectivity index (χ0n) is 17.9. The molecule has 2 aliphatic rings. The lowest BCUT2D eigenvalue weighted by molar-refractivity contribution is -0.274. The van der Waals surface area contributed by atoms with Gasteiger partial charge in [0.25, 0.3) is 0 Å². The Labute approximate surface area is 189 Å². The number of alkyl halides is 3. The molecular formula is C26H23F3O2S. The highest BCUT2D eigenvalue weighted by Crippen LogP contribution is 2.43. The van der Waals surface area contributed by atoms with Gasteiger partial charge in [0.15, 0.2) is 0 Å². The maximum atomic E-state index is 12.7. The molecule has 0 saturated heterocycles. The van der Waals surface area contributed by atoms with Crippen LogP contribution in [0.5, 0.6) is 11.5 Å².